The van der Waals surface area contributed by atoms with Crippen LogP contribution in [0.5, 0.6) is 11.5 Å². The lowest BCUT2D eigenvalue weighted by Gasteiger charge is -2.00. The molecule has 0 spiro atoms. The number of carbonyl (C=O) groups excluding carboxylic acids is 2. The number of thiazole rings is 1. The smallest absolute Gasteiger partial charge is 0.337 e. The van der Waals surface area contributed by atoms with Crippen LogP contribution in [-0.2, 0) is 23.0 Å². The fourth-order valence-corrected chi connectivity index (χ4v) is 3.93. The highest BCUT2D eigenvalue weighted by Gasteiger charge is 2.15. The number of nitrogens with zero attached hydrogens (tertiary/aromatic N) is 2. The summed E-state index contributed by atoms with van der Waals surface area (Å²) in [5.41, 5.74) is 2.16. The second-order valence-electron chi connectivity index (χ2n) is 5.99. The van der Waals surface area contributed by atoms with Crippen molar-refractivity contribution >= 4 is 33.4 Å². The Bertz CT molecular complexity index is 1130. The average molecular weight is 384 g/mol. The molecular weight excluding hydrogens is 368 g/mol. The van der Waals surface area contributed by atoms with Crippen LogP contribution in [0.2, 0.25) is 0 Å². The lowest BCUT2D eigenvalue weighted by molar-refractivity contribution is -0.117. The number of esters is 1. The van der Waals surface area contributed by atoms with Gasteiger partial charge in [-0.3, -0.25) is 4.79 Å². The van der Waals surface area contributed by atoms with Crippen LogP contribution in [0.1, 0.15) is 15.9 Å². The Balaban J connectivity index is 1.62. The van der Waals surface area contributed by atoms with E-state index in [0.29, 0.717) is 21.9 Å². The molecule has 4 rings (SSSR count). The van der Waals surface area contributed by atoms with E-state index in [2.05, 4.69) is 4.99 Å². The largest absolute Gasteiger partial charge is 0.465 e. The van der Waals surface area contributed by atoms with Crippen molar-refractivity contribution in [2.45, 2.75) is 6.42 Å². The van der Waals surface area contributed by atoms with Gasteiger partial charge < -0.3 is 18.8 Å². The van der Waals surface area contributed by atoms with Crippen LogP contribution in [0.3, 0.4) is 0 Å². The molecule has 3 aromatic rings. The van der Waals surface area contributed by atoms with Gasteiger partial charge in [0.1, 0.15) is 0 Å². The first kappa shape index (κ1) is 17.3. The van der Waals surface area contributed by atoms with Gasteiger partial charge in [-0.15, -0.1) is 0 Å². The van der Waals surface area contributed by atoms with Crippen LogP contribution in [0.4, 0.5) is 0 Å². The minimum absolute atomic E-state index is 0.165. The molecular formula is C19H16N2O5S. The van der Waals surface area contributed by atoms with Crippen molar-refractivity contribution < 1.29 is 23.8 Å². The van der Waals surface area contributed by atoms with Gasteiger partial charge in [0.25, 0.3) is 5.91 Å². The molecule has 0 aliphatic carbocycles. The summed E-state index contributed by atoms with van der Waals surface area (Å²) in [4.78, 5) is 28.9. The molecule has 1 aromatic heterocycles. The number of benzene rings is 2. The number of methoxy groups -OCH3 is 1. The number of fused-ring (bicyclic) bond motifs is 2. The fraction of sp³-hybridized carbons (Fsp3) is 0.211. The molecule has 0 atom stereocenters. The molecule has 8 heteroatoms. The van der Waals surface area contributed by atoms with Gasteiger partial charge in [0, 0.05) is 7.05 Å². The van der Waals surface area contributed by atoms with Crippen molar-refractivity contribution in [2.24, 2.45) is 12.0 Å². The highest BCUT2D eigenvalue weighted by molar-refractivity contribution is 7.16. The Morgan fingerprint density at radius 3 is 2.81 bits per heavy atom. The summed E-state index contributed by atoms with van der Waals surface area (Å²) in [7, 11) is 3.18. The van der Waals surface area contributed by atoms with Crippen molar-refractivity contribution in [2.75, 3.05) is 13.9 Å². The highest BCUT2D eigenvalue weighted by atomic mass is 32.1. The Morgan fingerprint density at radius 2 is 2.00 bits per heavy atom. The number of aryl methyl sites for hydroxylation is 1. The minimum Gasteiger partial charge on any atom is -0.465 e. The molecule has 0 bridgehead atoms. The molecule has 2 heterocycles. The van der Waals surface area contributed by atoms with Crippen molar-refractivity contribution in [3.05, 3.63) is 52.3 Å². The number of amides is 1. The quantitative estimate of drug-likeness (QED) is 0.648. The first-order chi connectivity index (χ1) is 13.0. The molecule has 1 aliphatic heterocycles. The van der Waals surface area contributed by atoms with Gasteiger partial charge in [-0.25, -0.2) is 4.79 Å². The van der Waals surface area contributed by atoms with Crippen LogP contribution in [0.25, 0.3) is 10.2 Å². The lowest BCUT2D eigenvalue weighted by Crippen LogP contribution is -2.14. The highest BCUT2D eigenvalue weighted by Crippen LogP contribution is 2.32. The maximum Gasteiger partial charge on any atom is 0.337 e. The zero-order valence-electron chi connectivity index (χ0n) is 14.7. The van der Waals surface area contributed by atoms with Crippen LogP contribution in [-0.4, -0.2) is 30.3 Å². The summed E-state index contributed by atoms with van der Waals surface area (Å²) in [6.07, 6.45) is 0.165. The number of rotatable bonds is 3. The Kier molecular flexibility index (Phi) is 4.41. The van der Waals surface area contributed by atoms with Gasteiger partial charge >= 0.3 is 5.97 Å². The molecule has 27 heavy (non-hydrogen) atoms. The second-order valence-corrected chi connectivity index (χ2v) is 7.00. The molecule has 1 aliphatic rings. The first-order valence-corrected chi connectivity index (χ1v) is 9.01. The zero-order chi connectivity index (χ0) is 19.0. The van der Waals surface area contributed by atoms with E-state index in [9.17, 15) is 9.59 Å². The zero-order valence-corrected chi connectivity index (χ0v) is 15.5. The summed E-state index contributed by atoms with van der Waals surface area (Å²) < 4.78 is 18.0. The van der Waals surface area contributed by atoms with E-state index in [1.807, 2.05) is 23.7 Å². The fourth-order valence-electron chi connectivity index (χ4n) is 2.86. The number of hydrogen-bond acceptors (Lipinski definition) is 6. The maximum absolute atomic E-state index is 12.4. The number of carbonyl (C=O) groups is 2. The van der Waals surface area contributed by atoms with Crippen LogP contribution < -0.4 is 14.3 Å². The lowest BCUT2D eigenvalue weighted by atomic mass is 10.1. The normalized spacial score (nSPS) is 13.2. The molecule has 1 amide bonds. The van der Waals surface area contributed by atoms with Crippen molar-refractivity contribution in [3.63, 3.8) is 0 Å². The Hall–Kier alpha value is -3.13. The average Bonchev–Trinajstić information content (AvgIpc) is 3.25. The Labute approximate surface area is 158 Å². The summed E-state index contributed by atoms with van der Waals surface area (Å²) in [6, 6.07) is 10.7. The topological polar surface area (TPSA) is 79.1 Å². The first-order valence-electron chi connectivity index (χ1n) is 8.19. The van der Waals surface area contributed by atoms with Crippen LogP contribution in [0.15, 0.2) is 41.4 Å². The third kappa shape index (κ3) is 3.31. The van der Waals surface area contributed by atoms with Gasteiger partial charge in [0.2, 0.25) is 6.79 Å². The molecule has 0 saturated carbocycles. The van der Waals surface area contributed by atoms with Crippen LogP contribution in [0, 0.1) is 0 Å². The van der Waals surface area contributed by atoms with Gasteiger partial charge in [0.05, 0.1) is 29.3 Å². The van der Waals surface area contributed by atoms with Gasteiger partial charge in [-0.1, -0.05) is 17.4 Å². The van der Waals surface area contributed by atoms with Gasteiger partial charge in [-0.05, 0) is 35.9 Å². The van der Waals surface area contributed by atoms with Crippen LogP contribution >= 0.6 is 11.3 Å². The molecule has 0 unspecified atom stereocenters. The standard InChI is InChI=1S/C19H16N2O5S/c1-21-13-5-4-12(18(23)24-2)9-16(13)27-19(21)20-17(22)8-11-3-6-14-15(7-11)26-10-25-14/h3-7,9H,8,10H2,1-2H3. The molecule has 138 valence electrons. The van der Waals surface area contributed by atoms with Gasteiger partial charge in [0.15, 0.2) is 16.3 Å². The maximum atomic E-state index is 12.4. The number of aromatic nitrogens is 1. The van der Waals surface area contributed by atoms with E-state index < -0.39 is 5.97 Å². The van der Waals surface area contributed by atoms with Gasteiger partial charge in [-0.2, -0.15) is 4.99 Å². The summed E-state index contributed by atoms with van der Waals surface area (Å²) in [5, 5.41) is 0. The van der Waals surface area contributed by atoms with E-state index in [1.54, 1.807) is 24.3 Å². The van der Waals surface area contributed by atoms with Crippen molar-refractivity contribution in [3.8, 4) is 11.5 Å². The summed E-state index contributed by atoms with van der Waals surface area (Å²) in [6.45, 7) is 0.197. The molecule has 2 aromatic carbocycles. The molecule has 0 radical (unpaired) electrons. The van der Waals surface area contributed by atoms with E-state index in [4.69, 9.17) is 14.2 Å². The van der Waals surface area contributed by atoms with E-state index in [-0.39, 0.29) is 19.1 Å². The van der Waals surface area contributed by atoms with Crippen molar-refractivity contribution in [1.29, 1.82) is 0 Å². The van der Waals surface area contributed by atoms with E-state index >= 15 is 0 Å². The number of hydrogen-bond donors (Lipinski definition) is 0. The van der Waals surface area contributed by atoms with Crippen molar-refractivity contribution in [1.82, 2.24) is 4.57 Å². The molecule has 0 N–H and O–H groups in total. The number of ether oxygens (including phenoxy) is 3. The predicted molar refractivity (Wildman–Crippen MR) is 99.0 cm³/mol. The second kappa shape index (κ2) is 6.88. The molecule has 0 fully saturated rings. The Morgan fingerprint density at radius 1 is 1.19 bits per heavy atom. The summed E-state index contributed by atoms with van der Waals surface area (Å²) in [5.74, 6) is 0.665. The van der Waals surface area contributed by atoms with E-state index in [1.165, 1.54) is 18.4 Å². The molecule has 7 nitrogen and oxygen atoms in total. The third-order valence-electron chi connectivity index (χ3n) is 4.24. The minimum atomic E-state index is -0.398. The van der Waals surface area contributed by atoms with E-state index in [0.717, 1.165) is 15.8 Å². The summed E-state index contributed by atoms with van der Waals surface area (Å²) >= 11 is 1.35. The monoisotopic (exact) mass is 384 g/mol. The predicted octanol–water partition coefficient (Wildman–Crippen LogP) is 2.43. The SMILES string of the molecule is COC(=O)c1ccc2c(c1)sc(=NC(=O)Cc1ccc3c(c1)OCO3)n2C. The third-order valence-corrected chi connectivity index (χ3v) is 5.34. The molecule has 0 saturated heterocycles.